The fourth-order valence-electron chi connectivity index (χ4n) is 1.95. The molecule has 5 nitrogen and oxygen atoms in total. The molecule has 0 unspecified atom stereocenters. The third kappa shape index (κ3) is 3.30. The van der Waals surface area contributed by atoms with Gasteiger partial charge in [-0.1, -0.05) is 11.6 Å². The molecule has 24 heavy (non-hydrogen) atoms. The van der Waals surface area contributed by atoms with Gasteiger partial charge >= 0.3 is 6.18 Å². The Labute approximate surface area is 145 Å². The lowest BCUT2D eigenvalue weighted by Crippen LogP contribution is -2.37. The first-order valence-electron chi connectivity index (χ1n) is 6.36. The number of carbonyl (C=O) groups is 1. The average molecular weight is 394 g/mol. The molecule has 11 heteroatoms. The summed E-state index contributed by atoms with van der Waals surface area (Å²) >= 11 is 8.29. The number of rotatable bonds is 3. The fourth-order valence-corrected chi connectivity index (χ4v) is 3.92. The number of alkyl halides is 3. The molecule has 0 aliphatic heterocycles. The van der Waals surface area contributed by atoms with E-state index in [1.807, 2.05) is 0 Å². The highest BCUT2D eigenvalue weighted by atomic mass is 35.5. The molecule has 0 spiro atoms. The van der Waals surface area contributed by atoms with E-state index in [4.69, 9.17) is 11.6 Å². The van der Waals surface area contributed by atoms with Gasteiger partial charge in [0, 0.05) is 11.6 Å². The Morgan fingerprint density at radius 1 is 1.38 bits per heavy atom. The zero-order valence-corrected chi connectivity index (χ0v) is 13.9. The highest BCUT2D eigenvalue weighted by Gasteiger charge is 2.28. The summed E-state index contributed by atoms with van der Waals surface area (Å²) in [5.41, 5.74) is -0.714. The SMILES string of the molecule is O=C(NCC(F)(F)F)c1cnc2scc(-c3ccc(Cl)s3)n2c1=O. The van der Waals surface area contributed by atoms with Crippen molar-refractivity contribution in [1.29, 1.82) is 0 Å². The van der Waals surface area contributed by atoms with Crippen LogP contribution in [0.5, 0.6) is 0 Å². The number of amides is 1. The molecule has 3 heterocycles. The molecule has 3 rings (SSSR count). The van der Waals surface area contributed by atoms with E-state index in [1.54, 1.807) is 22.8 Å². The number of thiazole rings is 1. The van der Waals surface area contributed by atoms with Crippen molar-refractivity contribution < 1.29 is 18.0 Å². The van der Waals surface area contributed by atoms with Gasteiger partial charge in [0.2, 0.25) is 0 Å². The monoisotopic (exact) mass is 393 g/mol. The van der Waals surface area contributed by atoms with Gasteiger partial charge in [-0.15, -0.1) is 22.7 Å². The van der Waals surface area contributed by atoms with Gasteiger partial charge in [0.25, 0.3) is 11.5 Å². The van der Waals surface area contributed by atoms with E-state index in [0.29, 0.717) is 19.9 Å². The van der Waals surface area contributed by atoms with Gasteiger partial charge in [-0.2, -0.15) is 13.2 Å². The number of thiophene rings is 1. The van der Waals surface area contributed by atoms with Gasteiger partial charge in [-0.25, -0.2) is 9.38 Å². The molecule has 0 aliphatic carbocycles. The zero-order chi connectivity index (χ0) is 17.5. The molecule has 0 bridgehead atoms. The Morgan fingerprint density at radius 3 is 2.75 bits per heavy atom. The highest BCUT2D eigenvalue weighted by molar-refractivity contribution is 7.20. The Bertz CT molecular complexity index is 977. The average Bonchev–Trinajstić information content (AvgIpc) is 3.10. The number of carbonyl (C=O) groups excluding carboxylic acids is 1. The third-order valence-electron chi connectivity index (χ3n) is 2.97. The number of hydrogen-bond donors (Lipinski definition) is 1. The van der Waals surface area contributed by atoms with Gasteiger partial charge in [0.05, 0.1) is 14.9 Å². The largest absolute Gasteiger partial charge is 0.405 e. The number of aromatic nitrogens is 2. The first-order chi connectivity index (χ1) is 11.3. The molecule has 0 radical (unpaired) electrons. The summed E-state index contributed by atoms with van der Waals surface area (Å²) < 4.78 is 38.3. The molecule has 1 amide bonds. The molecular weight excluding hydrogens is 387 g/mol. The van der Waals surface area contributed by atoms with Crippen LogP contribution in [0.25, 0.3) is 15.5 Å². The van der Waals surface area contributed by atoms with Crippen molar-refractivity contribution in [3.63, 3.8) is 0 Å². The molecule has 3 aromatic rings. The topological polar surface area (TPSA) is 63.5 Å². The number of nitrogens with one attached hydrogen (secondary N) is 1. The normalized spacial score (nSPS) is 11.8. The number of nitrogens with zero attached hydrogens (tertiary/aromatic N) is 2. The lowest BCUT2D eigenvalue weighted by molar-refractivity contribution is -0.123. The number of fused-ring (bicyclic) bond motifs is 1. The van der Waals surface area contributed by atoms with E-state index in [9.17, 15) is 22.8 Å². The Hall–Kier alpha value is -1.91. The van der Waals surface area contributed by atoms with Crippen molar-refractivity contribution in [2.75, 3.05) is 6.54 Å². The molecule has 0 aliphatic rings. The van der Waals surface area contributed by atoms with E-state index in [2.05, 4.69) is 4.98 Å². The van der Waals surface area contributed by atoms with Gasteiger partial charge in [-0.3, -0.25) is 9.59 Å². The second-order valence-electron chi connectivity index (χ2n) is 4.62. The minimum absolute atomic E-state index is 0.326. The molecule has 1 N–H and O–H groups in total. The maximum atomic E-state index is 12.5. The van der Waals surface area contributed by atoms with Crippen LogP contribution in [0.4, 0.5) is 13.2 Å². The second-order valence-corrected chi connectivity index (χ2v) is 7.17. The predicted molar refractivity (Wildman–Crippen MR) is 86.1 cm³/mol. The third-order valence-corrected chi connectivity index (χ3v) is 5.06. The molecule has 3 aromatic heterocycles. The molecule has 0 fully saturated rings. The maximum Gasteiger partial charge on any atom is 0.405 e. The summed E-state index contributed by atoms with van der Waals surface area (Å²) in [6.45, 7) is -1.52. The summed E-state index contributed by atoms with van der Waals surface area (Å²) in [6, 6.07) is 3.36. The van der Waals surface area contributed by atoms with Crippen molar-refractivity contribution in [1.82, 2.24) is 14.7 Å². The van der Waals surface area contributed by atoms with Gasteiger partial charge in [0.1, 0.15) is 12.1 Å². The Balaban J connectivity index is 2.04. The van der Waals surface area contributed by atoms with Crippen molar-refractivity contribution in [3.05, 3.63) is 44.0 Å². The summed E-state index contributed by atoms with van der Waals surface area (Å²) in [7, 11) is 0. The van der Waals surface area contributed by atoms with E-state index in [0.717, 1.165) is 6.20 Å². The van der Waals surface area contributed by atoms with E-state index >= 15 is 0 Å². The van der Waals surface area contributed by atoms with E-state index in [-0.39, 0.29) is 0 Å². The van der Waals surface area contributed by atoms with Crippen molar-refractivity contribution in [2.24, 2.45) is 0 Å². The molecule has 0 atom stereocenters. The van der Waals surface area contributed by atoms with Crippen LogP contribution in [0.3, 0.4) is 0 Å². The quantitative estimate of drug-likeness (QED) is 0.741. The fraction of sp³-hybridized carbons (Fsp3) is 0.154. The van der Waals surface area contributed by atoms with Crippen LogP contribution in [0.2, 0.25) is 4.34 Å². The Kier molecular flexibility index (Phi) is 4.37. The standard InChI is InChI=1S/C13H7ClF3N3O2S2/c14-9-2-1-8(24-9)7-4-23-12-18-3-6(11(22)20(7)12)10(21)19-5-13(15,16)17/h1-4H,5H2,(H,19,21). The van der Waals surface area contributed by atoms with E-state index in [1.165, 1.54) is 27.1 Å². The summed E-state index contributed by atoms with van der Waals surface area (Å²) in [5, 5.41) is 3.34. The van der Waals surface area contributed by atoms with Crippen LogP contribution < -0.4 is 10.9 Å². The van der Waals surface area contributed by atoms with Crippen LogP contribution in [0.1, 0.15) is 10.4 Å². The summed E-state index contributed by atoms with van der Waals surface area (Å²) in [5.74, 6) is -1.12. The lowest BCUT2D eigenvalue weighted by atomic mass is 10.3. The first kappa shape index (κ1) is 16.9. The maximum absolute atomic E-state index is 12.5. The lowest BCUT2D eigenvalue weighted by Gasteiger charge is -2.08. The van der Waals surface area contributed by atoms with Crippen LogP contribution in [-0.2, 0) is 0 Å². The molecule has 0 saturated heterocycles. The molecule has 0 aromatic carbocycles. The van der Waals surface area contributed by atoms with E-state index < -0.39 is 29.8 Å². The van der Waals surface area contributed by atoms with Crippen LogP contribution in [-0.4, -0.2) is 28.0 Å². The van der Waals surface area contributed by atoms with Crippen molar-refractivity contribution in [2.45, 2.75) is 6.18 Å². The van der Waals surface area contributed by atoms with Crippen LogP contribution >= 0.6 is 34.3 Å². The minimum atomic E-state index is -4.56. The highest BCUT2D eigenvalue weighted by Crippen LogP contribution is 2.32. The van der Waals surface area contributed by atoms with Crippen molar-refractivity contribution >= 4 is 45.1 Å². The number of halogens is 4. The smallest absolute Gasteiger partial charge is 0.343 e. The molecule has 0 saturated carbocycles. The molecular formula is C13H7ClF3N3O2S2. The zero-order valence-electron chi connectivity index (χ0n) is 11.6. The number of hydrogen-bond acceptors (Lipinski definition) is 5. The predicted octanol–water partition coefficient (Wildman–Crippen LogP) is 3.43. The van der Waals surface area contributed by atoms with Gasteiger partial charge in [-0.05, 0) is 12.1 Å². The van der Waals surface area contributed by atoms with Gasteiger partial charge in [0.15, 0.2) is 4.96 Å². The second kappa shape index (κ2) is 6.19. The summed E-state index contributed by atoms with van der Waals surface area (Å²) in [4.78, 5) is 29.3. The van der Waals surface area contributed by atoms with Crippen LogP contribution in [0, 0.1) is 0 Å². The molecule has 126 valence electrons. The Morgan fingerprint density at radius 2 is 2.12 bits per heavy atom. The minimum Gasteiger partial charge on any atom is -0.343 e. The van der Waals surface area contributed by atoms with Crippen molar-refractivity contribution in [3.8, 4) is 10.6 Å². The first-order valence-corrected chi connectivity index (χ1v) is 8.43. The summed E-state index contributed by atoms with van der Waals surface area (Å²) in [6.07, 6.45) is -3.59. The van der Waals surface area contributed by atoms with Crippen LogP contribution in [0.15, 0.2) is 28.5 Å². The van der Waals surface area contributed by atoms with Gasteiger partial charge < -0.3 is 5.32 Å².